The lowest BCUT2D eigenvalue weighted by Gasteiger charge is -2.07. The smallest absolute Gasteiger partial charge is 0.252 e. The van der Waals surface area contributed by atoms with E-state index in [0.29, 0.717) is 10.3 Å². The number of primary amides is 1. The van der Waals surface area contributed by atoms with Gasteiger partial charge in [0.1, 0.15) is 5.75 Å². The maximum atomic E-state index is 11.0. The first-order valence-corrected chi connectivity index (χ1v) is 4.79. The number of hydrogen-bond donors (Lipinski definition) is 3. The summed E-state index contributed by atoms with van der Waals surface area (Å²) >= 11 is 4.24. The molecule has 0 fully saturated rings. The number of rotatable bonds is 1. The van der Waals surface area contributed by atoms with Crippen molar-refractivity contribution < 1.29 is 9.90 Å². The Morgan fingerprint density at radius 1 is 1.27 bits per heavy atom. The van der Waals surface area contributed by atoms with Crippen LogP contribution in [0.15, 0.2) is 35.2 Å². The Bertz CT molecular complexity index is 552. The van der Waals surface area contributed by atoms with Gasteiger partial charge in [-0.15, -0.1) is 12.6 Å². The minimum absolute atomic E-state index is 0.0871. The second-order valence-electron chi connectivity index (χ2n) is 3.20. The van der Waals surface area contributed by atoms with Crippen molar-refractivity contribution in [3.63, 3.8) is 0 Å². The molecule has 3 N–H and O–H groups in total. The number of nitrogens with two attached hydrogens (primary N) is 1. The van der Waals surface area contributed by atoms with Gasteiger partial charge in [0.15, 0.2) is 0 Å². The fourth-order valence-electron chi connectivity index (χ4n) is 1.53. The molecule has 0 aliphatic carbocycles. The predicted molar refractivity (Wildman–Crippen MR) is 61.4 cm³/mol. The van der Waals surface area contributed by atoms with E-state index in [4.69, 9.17) is 5.73 Å². The number of amides is 1. The molecule has 0 aliphatic rings. The first kappa shape index (κ1) is 9.86. The summed E-state index contributed by atoms with van der Waals surface area (Å²) < 4.78 is 0. The van der Waals surface area contributed by atoms with Crippen LogP contribution in [0.25, 0.3) is 10.8 Å². The topological polar surface area (TPSA) is 63.3 Å². The molecule has 0 aromatic heterocycles. The number of fused-ring (bicyclic) bond motifs is 1. The summed E-state index contributed by atoms with van der Waals surface area (Å²) in [6, 6.07) is 8.63. The van der Waals surface area contributed by atoms with Gasteiger partial charge in [-0.05, 0) is 11.5 Å². The average molecular weight is 219 g/mol. The second-order valence-corrected chi connectivity index (χ2v) is 3.68. The van der Waals surface area contributed by atoms with Crippen LogP contribution >= 0.6 is 12.6 Å². The molecule has 76 valence electrons. The van der Waals surface area contributed by atoms with E-state index in [0.717, 1.165) is 5.39 Å². The van der Waals surface area contributed by atoms with E-state index in [1.807, 2.05) is 12.1 Å². The van der Waals surface area contributed by atoms with Gasteiger partial charge in [-0.1, -0.05) is 24.3 Å². The zero-order valence-electron chi connectivity index (χ0n) is 7.77. The quantitative estimate of drug-likeness (QED) is 0.642. The van der Waals surface area contributed by atoms with Crippen LogP contribution in [-0.2, 0) is 0 Å². The lowest BCUT2D eigenvalue weighted by atomic mass is 10.0. The molecular formula is C11H9NO2S. The summed E-state index contributed by atoms with van der Waals surface area (Å²) in [4.78, 5) is 11.7. The van der Waals surface area contributed by atoms with E-state index in [1.165, 1.54) is 6.07 Å². The monoisotopic (exact) mass is 219 g/mol. The largest absolute Gasteiger partial charge is 0.506 e. The highest BCUT2D eigenvalue weighted by Crippen LogP contribution is 2.32. The lowest BCUT2D eigenvalue weighted by Crippen LogP contribution is -2.11. The van der Waals surface area contributed by atoms with Gasteiger partial charge in [-0.25, -0.2) is 0 Å². The summed E-state index contributed by atoms with van der Waals surface area (Å²) in [6.45, 7) is 0. The molecule has 0 heterocycles. The second kappa shape index (κ2) is 3.47. The van der Waals surface area contributed by atoms with E-state index >= 15 is 0 Å². The summed E-state index contributed by atoms with van der Waals surface area (Å²) in [6.07, 6.45) is 0. The van der Waals surface area contributed by atoms with Crippen molar-refractivity contribution in [2.75, 3.05) is 0 Å². The van der Waals surface area contributed by atoms with Crippen LogP contribution < -0.4 is 5.73 Å². The Morgan fingerprint density at radius 3 is 2.47 bits per heavy atom. The van der Waals surface area contributed by atoms with Gasteiger partial charge in [0.25, 0.3) is 5.91 Å². The van der Waals surface area contributed by atoms with Crippen molar-refractivity contribution in [1.82, 2.24) is 0 Å². The SMILES string of the molecule is NC(=O)c1cc(S)c2ccccc2c1O. The summed E-state index contributed by atoms with van der Waals surface area (Å²) in [5.74, 6) is -0.746. The third-order valence-corrected chi connectivity index (χ3v) is 2.63. The summed E-state index contributed by atoms with van der Waals surface area (Å²) in [7, 11) is 0. The molecule has 4 heteroatoms. The van der Waals surface area contributed by atoms with Crippen molar-refractivity contribution in [2.45, 2.75) is 4.90 Å². The molecule has 2 rings (SSSR count). The highest BCUT2D eigenvalue weighted by atomic mass is 32.1. The molecule has 0 saturated heterocycles. The van der Waals surface area contributed by atoms with E-state index in [-0.39, 0.29) is 11.3 Å². The molecule has 0 saturated carbocycles. The molecular weight excluding hydrogens is 210 g/mol. The Hall–Kier alpha value is -1.68. The van der Waals surface area contributed by atoms with Gasteiger partial charge in [0, 0.05) is 10.3 Å². The Morgan fingerprint density at radius 2 is 1.87 bits per heavy atom. The predicted octanol–water partition coefficient (Wildman–Crippen LogP) is 1.93. The molecule has 0 bridgehead atoms. The van der Waals surface area contributed by atoms with Gasteiger partial charge < -0.3 is 10.8 Å². The zero-order valence-corrected chi connectivity index (χ0v) is 8.66. The third-order valence-electron chi connectivity index (χ3n) is 2.26. The third kappa shape index (κ3) is 1.53. The Kier molecular flexibility index (Phi) is 2.28. The highest BCUT2D eigenvalue weighted by molar-refractivity contribution is 7.80. The van der Waals surface area contributed by atoms with Crippen molar-refractivity contribution >= 4 is 29.3 Å². The number of benzene rings is 2. The first-order valence-electron chi connectivity index (χ1n) is 4.34. The molecule has 0 aliphatic heterocycles. The standard InChI is InChI=1S/C11H9NO2S/c12-11(14)8-5-9(15)6-3-1-2-4-7(6)10(8)13/h1-5,13,15H,(H2,12,14). The van der Waals surface area contributed by atoms with Crippen LogP contribution in [0.5, 0.6) is 5.75 Å². The van der Waals surface area contributed by atoms with Crippen LogP contribution in [-0.4, -0.2) is 11.0 Å². The van der Waals surface area contributed by atoms with Crippen molar-refractivity contribution in [2.24, 2.45) is 5.73 Å². The Balaban J connectivity index is 2.90. The average Bonchev–Trinajstić information content (AvgIpc) is 2.23. The molecule has 0 spiro atoms. The number of phenols is 1. The molecule has 0 unspecified atom stereocenters. The van der Waals surface area contributed by atoms with Crippen molar-refractivity contribution in [3.8, 4) is 5.75 Å². The van der Waals surface area contributed by atoms with E-state index in [2.05, 4.69) is 12.6 Å². The number of hydrogen-bond acceptors (Lipinski definition) is 3. The molecule has 3 nitrogen and oxygen atoms in total. The molecule has 1 amide bonds. The highest BCUT2D eigenvalue weighted by Gasteiger charge is 2.12. The van der Waals surface area contributed by atoms with E-state index in [9.17, 15) is 9.90 Å². The first-order chi connectivity index (χ1) is 7.11. The fraction of sp³-hybridized carbons (Fsp3) is 0. The summed E-state index contributed by atoms with van der Waals surface area (Å²) in [5, 5.41) is 11.2. The number of thiol groups is 1. The maximum absolute atomic E-state index is 11.0. The molecule has 2 aromatic rings. The van der Waals surface area contributed by atoms with Crippen LogP contribution in [0.2, 0.25) is 0 Å². The van der Waals surface area contributed by atoms with E-state index in [1.54, 1.807) is 12.1 Å². The number of aromatic hydroxyl groups is 1. The van der Waals surface area contributed by atoms with Gasteiger partial charge in [-0.2, -0.15) is 0 Å². The van der Waals surface area contributed by atoms with Crippen LogP contribution in [0.1, 0.15) is 10.4 Å². The van der Waals surface area contributed by atoms with Gasteiger partial charge in [-0.3, -0.25) is 4.79 Å². The van der Waals surface area contributed by atoms with Crippen LogP contribution in [0.4, 0.5) is 0 Å². The Labute approximate surface area is 91.9 Å². The minimum Gasteiger partial charge on any atom is -0.506 e. The fourth-order valence-corrected chi connectivity index (χ4v) is 1.85. The van der Waals surface area contributed by atoms with Crippen molar-refractivity contribution in [3.05, 3.63) is 35.9 Å². The normalized spacial score (nSPS) is 10.5. The van der Waals surface area contributed by atoms with Gasteiger partial charge in [0.2, 0.25) is 0 Å². The minimum atomic E-state index is -0.659. The van der Waals surface area contributed by atoms with Crippen molar-refractivity contribution in [1.29, 1.82) is 0 Å². The van der Waals surface area contributed by atoms with Crippen LogP contribution in [0, 0.1) is 0 Å². The number of carbonyl (C=O) groups is 1. The van der Waals surface area contributed by atoms with Gasteiger partial charge in [0.05, 0.1) is 5.56 Å². The molecule has 0 radical (unpaired) electrons. The van der Waals surface area contributed by atoms with E-state index < -0.39 is 5.91 Å². The zero-order chi connectivity index (χ0) is 11.0. The van der Waals surface area contributed by atoms with Crippen LogP contribution in [0.3, 0.4) is 0 Å². The lowest BCUT2D eigenvalue weighted by molar-refractivity contribution is 0.0998. The number of carbonyl (C=O) groups excluding carboxylic acids is 1. The van der Waals surface area contributed by atoms with Gasteiger partial charge >= 0.3 is 0 Å². The molecule has 15 heavy (non-hydrogen) atoms. The maximum Gasteiger partial charge on any atom is 0.252 e. The summed E-state index contributed by atoms with van der Waals surface area (Å²) in [5.41, 5.74) is 5.24. The molecule has 0 atom stereocenters. The molecule has 2 aromatic carbocycles.